The Labute approximate surface area is 527 Å². The summed E-state index contributed by atoms with van der Waals surface area (Å²) in [4.78, 5) is 84.0. The topological polar surface area (TPSA) is 207 Å². The molecule has 18 rings (SSSR count). The molecule has 0 bridgehead atoms. The molecule has 4 unspecified atom stereocenters. The van der Waals surface area contributed by atoms with Gasteiger partial charge >= 0.3 is 11.9 Å². The van der Waals surface area contributed by atoms with Crippen LogP contribution in [-0.2, 0) is 18.9 Å². The molecular formula is C70H46F4N6O14. The number of fused-ring (bicyclic) bond motifs is 16. The van der Waals surface area contributed by atoms with Crippen LogP contribution in [-0.4, -0.2) is 94.8 Å². The van der Waals surface area contributed by atoms with Gasteiger partial charge in [-0.25, -0.2) is 27.2 Å². The monoisotopic (exact) mass is 1270 g/mol. The van der Waals surface area contributed by atoms with Crippen LogP contribution in [0.1, 0.15) is 99.7 Å². The van der Waals surface area contributed by atoms with E-state index in [1.165, 1.54) is 58.5 Å². The van der Waals surface area contributed by atoms with Gasteiger partial charge < -0.3 is 47.1 Å². The molecule has 10 aromatic rings. The van der Waals surface area contributed by atoms with Crippen LogP contribution in [0.4, 0.5) is 17.6 Å². The van der Waals surface area contributed by atoms with Crippen molar-refractivity contribution in [2.45, 2.75) is 37.0 Å². The van der Waals surface area contributed by atoms with Gasteiger partial charge in [-0.2, -0.15) is 0 Å². The largest absolute Gasteiger partial charge is 0.464 e. The van der Waals surface area contributed by atoms with Crippen molar-refractivity contribution in [2.24, 2.45) is 0 Å². The summed E-state index contributed by atoms with van der Waals surface area (Å²) in [5.74, 6) is -6.28. The molecule has 20 nitrogen and oxygen atoms in total. The Kier molecular flexibility index (Phi) is 13.0. The highest BCUT2D eigenvalue weighted by Gasteiger charge is 2.51. The molecule has 94 heavy (non-hydrogen) atoms. The van der Waals surface area contributed by atoms with Gasteiger partial charge in [0.25, 0.3) is 24.4 Å². The Morgan fingerprint density at radius 1 is 0.415 bits per heavy atom. The Hall–Kier alpha value is -11.5. The zero-order valence-corrected chi connectivity index (χ0v) is 48.8. The summed E-state index contributed by atoms with van der Waals surface area (Å²) in [5, 5.41) is 3.63. The third-order valence-corrected chi connectivity index (χ3v) is 18.3. The van der Waals surface area contributed by atoms with Crippen LogP contribution >= 0.6 is 0 Å². The van der Waals surface area contributed by atoms with Gasteiger partial charge in [0.05, 0.1) is 62.2 Å². The number of halogens is 4. The number of hydrogen-bond donors (Lipinski definition) is 0. The van der Waals surface area contributed by atoms with E-state index in [0.717, 1.165) is 12.1 Å². The minimum Gasteiger partial charge on any atom is -0.464 e. The summed E-state index contributed by atoms with van der Waals surface area (Å²) < 4.78 is 111. The Morgan fingerprint density at radius 2 is 0.809 bits per heavy atom. The number of amides is 2. The van der Waals surface area contributed by atoms with Crippen molar-refractivity contribution in [2.75, 3.05) is 49.5 Å². The summed E-state index contributed by atoms with van der Waals surface area (Å²) in [7, 11) is 0. The maximum Gasteiger partial charge on any atom is 0.342 e. The van der Waals surface area contributed by atoms with E-state index >= 15 is 8.78 Å². The maximum atomic E-state index is 15.9. The number of carbonyl (C=O) groups excluding carboxylic acids is 4. The summed E-state index contributed by atoms with van der Waals surface area (Å²) in [6.07, 6.45) is 1.78. The van der Waals surface area contributed by atoms with Gasteiger partial charge in [0.1, 0.15) is 23.9 Å². The lowest BCUT2D eigenvalue weighted by atomic mass is 9.91. The molecule has 2 saturated heterocycles. The second-order valence-corrected chi connectivity index (χ2v) is 23.1. The number of cyclic esters (lactones) is 2. The summed E-state index contributed by atoms with van der Waals surface area (Å²) in [5.41, 5.74) is 4.23. The molecule has 6 aliphatic heterocycles. The summed E-state index contributed by atoms with van der Waals surface area (Å²) in [6.45, 7) is 1.02. The van der Waals surface area contributed by atoms with Gasteiger partial charge in [0.15, 0.2) is 34.7 Å². The van der Waals surface area contributed by atoms with Gasteiger partial charge in [-0.15, -0.1) is 0 Å². The minimum atomic E-state index is -1.27. The number of pyridine rings is 2. The SMILES string of the molecule is O=C1OC(Oc2c3n(ccc2=O)N(C2c4ccccc4-c4occc4-c4c2ccc(F)c4F)C2COCCN2C3=O)c2ccccc21.O=C1OC(Oc2c3n(ccc2=O)N([C@@H]2c4ccccc4-c4occc4-c4c2ccc(F)c4F)[C@@H]2COCCN2C3=O)c2ccccc21. The van der Waals surface area contributed by atoms with Crippen LogP contribution in [0, 0.1) is 23.3 Å². The Balaban J connectivity index is 0.000000143. The number of morpholine rings is 2. The van der Waals surface area contributed by atoms with E-state index in [0.29, 0.717) is 78.3 Å². The molecule has 2 aliphatic carbocycles. The third-order valence-electron chi connectivity index (χ3n) is 18.3. The van der Waals surface area contributed by atoms with Gasteiger partial charge in [-0.05, 0) is 58.7 Å². The van der Waals surface area contributed by atoms with Crippen molar-refractivity contribution >= 4 is 23.8 Å². The number of aromatic nitrogens is 2. The van der Waals surface area contributed by atoms with Crippen LogP contribution < -0.4 is 30.3 Å². The molecule has 0 saturated carbocycles. The fourth-order valence-electron chi connectivity index (χ4n) is 14.2. The second kappa shape index (κ2) is 21.6. The lowest BCUT2D eigenvalue weighted by Gasteiger charge is -2.51. The molecule has 24 heteroatoms. The molecule has 6 aromatic carbocycles. The number of benzene rings is 6. The van der Waals surface area contributed by atoms with E-state index in [9.17, 15) is 37.5 Å². The highest BCUT2D eigenvalue weighted by Crippen LogP contribution is 2.52. The molecule has 2 amide bonds. The molecule has 468 valence electrons. The van der Waals surface area contributed by atoms with Crippen molar-refractivity contribution in [1.82, 2.24) is 19.2 Å². The number of furan rings is 2. The second-order valence-electron chi connectivity index (χ2n) is 23.1. The van der Waals surface area contributed by atoms with E-state index in [4.69, 9.17) is 37.3 Å². The number of esters is 2. The molecule has 0 N–H and O–H groups in total. The van der Waals surface area contributed by atoms with E-state index < -0.39 is 94.9 Å². The van der Waals surface area contributed by atoms with E-state index in [1.807, 2.05) is 58.5 Å². The molecule has 10 heterocycles. The minimum absolute atomic E-state index is 0.0173. The highest BCUT2D eigenvalue weighted by molar-refractivity contribution is 5.99. The van der Waals surface area contributed by atoms with Gasteiger partial charge in [-0.3, -0.25) is 38.5 Å². The first kappa shape index (κ1) is 56.5. The fourth-order valence-corrected chi connectivity index (χ4v) is 14.2. The van der Waals surface area contributed by atoms with Crippen LogP contribution in [0.3, 0.4) is 0 Å². The molecule has 0 radical (unpaired) electrons. The first-order valence-electron chi connectivity index (χ1n) is 29.9. The van der Waals surface area contributed by atoms with Gasteiger partial charge in [0.2, 0.25) is 22.4 Å². The summed E-state index contributed by atoms with van der Waals surface area (Å²) >= 11 is 0. The Morgan fingerprint density at radius 3 is 1.23 bits per heavy atom. The number of carbonyl (C=O) groups is 4. The van der Waals surface area contributed by atoms with E-state index in [1.54, 1.807) is 70.5 Å². The van der Waals surface area contributed by atoms with Crippen LogP contribution in [0.5, 0.6) is 11.5 Å². The zero-order valence-electron chi connectivity index (χ0n) is 48.8. The lowest BCUT2D eigenvalue weighted by molar-refractivity contribution is -0.0426. The Bertz CT molecular complexity index is 4730. The number of rotatable bonds is 6. The first-order valence-corrected chi connectivity index (χ1v) is 29.9. The molecule has 0 spiro atoms. The van der Waals surface area contributed by atoms with E-state index in [2.05, 4.69) is 0 Å². The lowest BCUT2D eigenvalue weighted by Crippen LogP contribution is -2.66. The first-order chi connectivity index (χ1) is 45.8. The molecule has 8 aliphatic rings. The van der Waals surface area contributed by atoms with Crippen LogP contribution in [0.25, 0.3) is 44.9 Å². The van der Waals surface area contributed by atoms with Crippen molar-refractivity contribution in [1.29, 1.82) is 0 Å². The van der Waals surface area contributed by atoms with Crippen LogP contribution in [0.2, 0.25) is 0 Å². The normalized spacial score (nSPS) is 20.7. The molecule has 4 aromatic heterocycles. The van der Waals surface area contributed by atoms with E-state index in [-0.39, 0.29) is 73.5 Å². The number of nitrogens with zero attached hydrogens (tertiary/aromatic N) is 6. The molecule has 2 fully saturated rings. The average molecular weight is 1270 g/mol. The number of ether oxygens (including phenoxy) is 6. The van der Waals surface area contributed by atoms with Crippen molar-refractivity contribution in [3.63, 3.8) is 0 Å². The highest BCUT2D eigenvalue weighted by atomic mass is 19.2. The van der Waals surface area contributed by atoms with Gasteiger partial charge in [-0.1, -0.05) is 97.1 Å². The predicted octanol–water partition coefficient (Wildman–Crippen LogP) is 10.3. The molecule has 6 atom stereocenters. The van der Waals surface area contributed by atoms with Crippen molar-refractivity contribution in [3.05, 3.63) is 270 Å². The predicted molar refractivity (Wildman–Crippen MR) is 322 cm³/mol. The summed E-state index contributed by atoms with van der Waals surface area (Å²) in [6, 6.07) is 37.2. The number of hydrogen-bond acceptors (Lipinski definition) is 16. The van der Waals surface area contributed by atoms with Crippen LogP contribution in [0.15, 0.2) is 189 Å². The average Bonchev–Trinajstić information content (AvgIpc) is 1.32. The van der Waals surface area contributed by atoms with Crippen molar-refractivity contribution in [3.8, 4) is 56.4 Å². The quantitative estimate of drug-likeness (QED) is 0.112. The van der Waals surface area contributed by atoms with Gasteiger partial charge in [0, 0.05) is 82.1 Å². The maximum absolute atomic E-state index is 15.9. The smallest absolute Gasteiger partial charge is 0.342 e. The van der Waals surface area contributed by atoms with Crippen molar-refractivity contribution < 1.29 is 74.0 Å². The molecular weight excluding hydrogens is 1220 g/mol. The third kappa shape index (κ3) is 8.37. The standard InChI is InChI=1S/2C35H23F2N3O7/c2*36-24-10-9-22-27(28(24)37)23-12-15-45-31(23)19-6-2-1-5-18(19)29(22)40-26-17-44-16-14-38(26)33(42)30-32(25(41)11-13-39(30)40)46-35-21-8-4-3-7-20(21)34(43)47-35/h2*1-13,15,26,29,35H,14,16-17H2/t26-,29-,35?;/m1./s1. The fraction of sp³-hybridized carbons (Fsp3) is 0.171. The zero-order chi connectivity index (χ0) is 63.9.